The Bertz CT molecular complexity index is 760. The number of hydrogen-bond donors (Lipinski definition) is 1. The Morgan fingerprint density at radius 2 is 1.69 bits per heavy atom. The summed E-state index contributed by atoms with van der Waals surface area (Å²) in [4.78, 5) is 13.9. The second-order valence-electron chi connectivity index (χ2n) is 8.19. The van der Waals surface area contributed by atoms with E-state index in [0.29, 0.717) is 6.04 Å². The van der Waals surface area contributed by atoms with Crippen LogP contribution in [0.1, 0.15) is 44.1 Å². The van der Waals surface area contributed by atoms with Gasteiger partial charge in [0.25, 0.3) is 0 Å². The lowest BCUT2D eigenvalue weighted by Crippen LogP contribution is -2.46. The zero-order chi connectivity index (χ0) is 19.7. The number of hydrogen-bond acceptors (Lipinski definition) is 5. The van der Waals surface area contributed by atoms with Crippen LogP contribution in [0.25, 0.3) is 6.08 Å². The first kappa shape index (κ1) is 19.9. The zero-order valence-corrected chi connectivity index (χ0v) is 17.3. The number of nitrogens with zero attached hydrogens (tertiary/aromatic N) is 4. The van der Waals surface area contributed by atoms with Crippen LogP contribution in [0.15, 0.2) is 48.8 Å². The summed E-state index contributed by atoms with van der Waals surface area (Å²) in [7, 11) is 0. The van der Waals surface area contributed by atoms with Crippen molar-refractivity contribution in [1.82, 2.24) is 14.9 Å². The number of rotatable bonds is 6. The van der Waals surface area contributed by atoms with E-state index in [1.807, 2.05) is 0 Å². The molecular weight excluding hydrogens is 358 g/mol. The molecule has 0 radical (unpaired) electrons. The summed E-state index contributed by atoms with van der Waals surface area (Å²) in [5.41, 5.74) is 1.26. The molecule has 5 heteroatoms. The highest BCUT2D eigenvalue weighted by molar-refractivity contribution is 5.50. The van der Waals surface area contributed by atoms with Crippen LogP contribution < -0.4 is 10.2 Å². The van der Waals surface area contributed by atoms with Crippen LogP contribution in [0, 0.1) is 0 Å². The van der Waals surface area contributed by atoms with E-state index in [1.54, 1.807) is 6.33 Å². The molecule has 1 N–H and O–H groups in total. The fourth-order valence-corrected chi connectivity index (χ4v) is 4.29. The van der Waals surface area contributed by atoms with Gasteiger partial charge in [-0.15, -0.1) is 0 Å². The lowest BCUT2D eigenvalue weighted by Gasteiger charge is -2.35. The SMILES string of the molecule is C(=C\c1ccccc1)/CN1CCN(c2cc(NC3CCCCCC3)ncn2)CC1. The third kappa shape index (κ3) is 6.04. The van der Waals surface area contributed by atoms with Gasteiger partial charge in [-0.3, -0.25) is 4.90 Å². The van der Waals surface area contributed by atoms with Gasteiger partial charge in [-0.1, -0.05) is 68.2 Å². The quantitative estimate of drug-likeness (QED) is 0.737. The lowest BCUT2D eigenvalue weighted by atomic mass is 10.1. The summed E-state index contributed by atoms with van der Waals surface area (Å²) >= 11 is 0. The number of aromatic nitrogens is 2. The molecule has 1 aliphatic heterocycles. The predicted octanol–water partition coefficient (Wildman–Crippen LogP) is 4.45. The smallest absolute Gasteiger partial charge is 0.134 e. The van der Waals surface area contributed by atoms with Crippen LogP contribution in [-0.4, -0.2) is 53.6 Å². The van der Waals surface area contributed by atoms with E-state index >= 15 is 0 Å². The molecular formula is C24H33N5. The molecule has 154 valence electrons. The Kier molecular flexibility index (Phi) is 7.13. The maximum atomic E-state index is 4.54. The molecule has 1 saturated carbocycles. The molecule has 1 aromatic heterocycles. The molecule has 0 atom stereocenters. The molecule has 1 aliphatic carbocycles. The van der Waals surface area contributed by atoms with E-state index < -0.39 is 0 Å². The minimum Gasteiger partial charge on any atom is -0.367 e. The Labute approximate surface area is 174 Å². The summed E-state index contributed by atoms with van der Waals surface area (Å²) in [6.45, 7) is 5.15. The molecule has 0 unspecified atom stereocenters. The van der Waals surface area contributed by atoms with Gasteiger partial charge in [0.15, 0.2) is 0 Å². The first-order valence-electron chi connectivity index (χ1n) is 11.1. The summed E-state index contributed by atoms with van der Waals surface area (Å²) in [5, 5.41) is 3.66. The Balaban J connectivity index is 1.26. The number of piperazine rings is 1. The van der Waals surface area contributed by atoms with Crippen LogP contribution in [-0.2, 0) is 0 Å². The van der Waals surface area contributed by atoms with Gasteiger partial charge in [0.2, 0.25) is 0 Å². The van der Waals surface area contributed by atoms with Gasteiger partial charge in [-0.25, -0.2) is 9.97 Å². The molecule has 4 rings (SSSR count). The van der Waals surface area contributed by atoms with Gasteiger partial charge in [0.05, 0.1) is 0 Å². The average Bonchev–Trinajstić information content (AvgIpc) is 3.04. The molecule has 0 bridgehead atoms. The van der Waals surface area contributed by atoms with Crippen molar-refractivity contribution in [3.8, 4) is 0 Å². The lowest BCUT2D eigenvalue weighted by molar-refractivity contribution is 0.283. The molecule has 5 nitrogen and oxygen atoms in total. The summed E-state index contributed by atoms with van der Waals surface area (Å²) in [6.07, 6.45) is 14.1. The van der Waals surface area contributed by atoms with E-state index in [9.17, 15) is 0 Å². The molecule has 29 heavy (non-hydrogen) atoms. The van der Waals surface area contributed by atoms with Crippen LogP contribution in [0.4, 0.5) is 11.6 Å². The highest BCUT2D eigenvalue weighted by Crippen LogP contribution is 2.22. The minimum atomic E-state index is 0.563. The summed E-state index contributed by atoms with van der Waals surface area (Å²) < 4.78 is 0. The molecule has 0 amide bonds. The number of nitrogens with one attached hydrogen (secondary N) is 1. The maximum Gasteiger partial charge on any atom is 0.134 e. The standard InChI is InChI=1S/C24H33N5/c1-2-7-13-22(12-6-1)27-23-19-24(26-20-25-23)29-17-15-28(16-18-29)14-8-11-21-9-4-3-5-10-21/h3-5,8-11,19-20,22H,1-2,6-7,12-18H2,(H,25,26,27)/b11-8+. The average molecular weight is 392 g/mol. The zero-order valence-electron chi connectivity index (χ0n) is 17.3. The second-order valence-corrected chi connectivity index (χ2v) is 8.19. The third-order valence-corrected chi connectivity index (χ3v) is 6.03. The van der Waals surface area contributed by atoms with Crippen molar-refractivity contribution in [2.45, 2.75) is 44.6 Å². The van der Waals surface area contributed by atoms with E-state index in [2.05, 4.69) is 73.6 Å². The van der Waals surface area contributed by atoms with Gasteiger partial charge in [0, 0.05) is 44.8 Å². The number of benzene rings is 1. The molecule has 2 fully saturated rings. The van der Waals surface area contributed by atoms with Crippen molar-refractivity contribution in [3.05, 3.63) is 54.4 Å². The highest BCUT2D eigenvalue weighted by atomic mass is 15.3. The van der Waals surface area contributed by atoms with Gasteiger partial charge >= 0.3 is 0 Å². The largest absolute Gasteiger partial charge is 0.367 e. The van der Waals surface area contributed by atoms with Gasteiger partial charge < -0.3 is 10.2 Å². The van der Waals surface area contributed by atoms with Crippen LogP contribution in [0.2, 0.25) is 0 Å². The maximum absolute atomic E-state index is 4.54. The molecule has 2 heterocycles. The van der Waals surface area contributed by atoms with Crippen molar-refractivity contribution >= 4 is 17.7 Å². The first-order valence-corrected chi connectivity index (χ1v) is 11.1. The van der Waals surface area contributed by atoms with Crippen LogP contribution in [0.5, 0.6) is 0 Å². The molecule has 2 aliphatic rings. The van der Waals surface area contributed by atoms with E-state index in [-0.39, 0.29) is 0 Å². The van der Waals surface area contributed by atoms with Gasteiger partial charge in [0.1, 0.15) is 18.0 Å². The first-order chi connectivity index (χ1) is 14.4. The topological polar surface area (TPSA) is 44.3 Å². The molecule has 1 aromatic carbocycles. The Morgan fingerprint density at radius 3 is 2.45 bits per heavy atom. The van der Waals surface area contributed by atoms with E-state index in [0.717, 1.165) is 44.4 Å². The fraction of sp³-hybridized carbons (Fsp3) is 0.500. The van der Waals surface area contributed by atoms with Crippen molar-refractivity contribution in [2.24, 2.45) is 0 Å². The van der Waals surface area contributed by atoms with Crippen molar-refractivity contribution in [2.75, 3.05) is 42.9 Å². The molecule has 2 aromatic rings. The number of anilines is 2. The molecule has 0 spiro atoms. The Morgan fingerprint density at radius 1 is 0.931 bits per heavy atom. The van der Waals surface area contributed by atoms with Gasteiger partial charge in [-0.2, -0.15) is 0 Å². The third-order valence-electron chi connectivity index (χ3n) is 6.03. The van der Waals surface area contributed by atoms with Gasteiger partial charge in [-0.05, 0) is 18.4 Å². The normalized spacial score (nSPS) is 19.4. The van der Waals surface area contributed by atoms with Crippen molar-refractivity contribution in [3.63, 3.8) is 0 Å². The Hall–Kier alpha value is -2.40. The van der Waals surface area contributed by atoms with Crippen molar-refractivity contribution < 1.29 is 0 Å². The van der Waals surface area contributed by atoms with E-state index in [1.165, 1.54) is 44.1 Å². The van der Waals surface area contributed by atoms with Crippen LogP contribution in [0.3, 0.4) is 0 Å². The monoisotopic (exact) mass is 391 g/mol. The summed E-state index contributed by atoms with van der Waals surface area (Å²) in [5.74, 6) is 2.03. The minimum absolute atomic E-state index is 0.563. The summed E-state index contributed by atoms with van der Waals surface area (Å²) in [6, 6.07) is 13.2. The predicted molar refractivity (Wildman–Crippen MR) is 121 cm³/mol. The second kappa shape index (κ2) is 10.4. The highest BCUT2D eigenvalue weighted by Gasteiger charge is 2.18. The fourth-order valence-electron chi connectivity index (χ4n) is 4.29. The van der Waals surface area contributed by atoms with Crippen LogP contribution >= 0.6 is 0 Å². The van der Waals surface area contributed by atoms with Crippen molar-refractivity contribution in [1.29, 1.82) is 0 Å². The van der Waals surface area contributed by atoms with E-state index in [4.69, 9.17) is 0 Å². The molecule has 1 saturated heterocycles.